The number of fused-ring (bicyclic) bond motifs is 1. The van der Waals surface area contributed by atoms with Crippen molar-refractivity contribution in [2.24, 2.45) is 0 Å². The lowest BCUT2D eigenvalue weighted by molar-refractivity contribution is -0.111. The van der Waals surface area contributed by atoms with E-state index in [9.17, 15) is 9.59 Å². The van der Waals surface area contributed by atoms with Crippen LogP contribution < -0.4 is 10.6 Å². The highest BCUT2D eigenvalue weighted by Gasteiger charge is 2.13. The molecule has 3 aromatic carbocycles. The van der Waals surface area contributed by atoms with Crippen LogP contribution in [0.1, 0.15) is 21.7 Å². The van der Waals surface area contributed by atoms with Gasteiger partial charge in [-0.05, 0) is 54.5 Å². The van der Waals surface area contributed by atoms with E-state index in [0.717, 1.165) is 16.5 Å². The molecule has 2 N–H and O–H groups in total. The fourth-order valence-corrected chi connectivity index (χ4v) is 3.08. The molecule has 0 atom stereocenters. The monoisotopic (exact) mass is 396 g/mol. The molecule has 5 heteroatoms. The highest BCUT2D eigenvalue weighted by atomic mass is 16.3. The van der Waals surface area contributed by atoms with Gasteiger partial charge in [0.15, 0.2) is 5.76 Å². The first-order chi connectivity index (χ1) is 14.6. The Hall–Kier alpha value is -4.12. The van der Waals surface area contributed by atoms with Crippen LogP contribution in [0, 0.1) is 6.92 Å². The lowest BCUT2D eigenvalue weighted by Crippen LogP contribution is -2.12. The fraction of sp³-hybridized carbons (Fsp3) is 0.0400. The van der Waals surface area contributed by atoms with Gasteiger partial charge in [0.05, 0.1) is 0 Å². The summed E-state index contributed by atoms with van der Waals surface area (Å²) >= 11 is 0. The molecule has 1 aromatic heterocycles. The van der Waals surface area contributed by atoms with Crippen molar-refractivity contribution in [3.8, 4) is 0 Å². The van der Waals surface area contributed by atoms with Crippen LogP contribution in [-0.2, 0) is 4.79 Å². The zero-order chi connectivity index (χ0) is 20.9. The molecule has 0 radical (unpaired) electrons. The zero-order valence-corrected chi connectivity index (χ0v) is 16.4. The van der Waals surface area contributed by atoms with Crippen LogP contribution in [0.25, 0.3) is 17.0 Å². The van der Waals surface area contributed by atoms with Crippen LogP contribution in [0.2, 0.25) is 0 Å². The molecule has 4 rings (SSSR count). The van der Waals surface area contributed by atoms with Crippen LogP contribution in [0.4, 0.5) is 11.4 Å². The third-order valence-electron chi connectivity index (χ3n) is 4.62. The van der Waals surface area contributed by atoms with Gasteiger partial charge in [-0.25, -0.2) is 0 Å². The summed E-state index contributed by atoms with van der Waals surface area (Å²) in [6, 6.07) is 24.1. The number of carbonyl (C=O) groups is 2. The minimum atomic E-state index is -0.322. The van der Waals surface area contributed by atoms with Crippen molar-refractivity contribution in [1.82, 2.24) is 0 Å². The zero-order valence-electron chi connectivity index (χ0n) is 16.4. The van der Waals surface area contributed by atoms with Gasteiger partial charge in [0.25, 0.3) is 5.91 Å². The Balaban J connectivity index is 1.42. The Bertz CT molecular complexity index is 1210. The second-order valence-corrected chi connectivity index (χ2v) is 6.87. The number of anilines is 2. The molecule has 0 aliphatic rings. The molecular weight excluding hydrogens is 376 g/mol. The molecule has 0 unspecified atom stereocenters. The average Bonchev–Trinajstić information content (AvgIpc) is 3.19. The Morgan fingerprint density at radius 1 is 0.867 bits per heavy atom. The minimum Gasteiger partial charge on any atom is -0.451 e. The van der Waals surface area contributed by atoms with Crippen LogP contribution in [0.3, 0.4) is 0 Å². The van der Waals surface area contributed by atoms with E-state index in [-0.39, 0.29) is 17.6 Å². The van der Waals surface area contributed by atoms with Crippen molar-refractivity contribution >= 4 is 40.2 Å². The quantitative estimate of drug-likeness (QED) is 0.429. The molecule has 0 saturated carbocycles. The summed E-state index contributed by atoms with van der Waals surface area (Å²) in [7, 11) is 0. The Morgan fingerprint density at radius 2 is 1.63 bits per heavy atom. The molecule has 0 aliphatic carbocycles. The van der Waals surface area contributed by atoms with E-state index in [0.29, 0.717) is 17.0 Å². The third-order valence-corrected chi connectivity index (χ3v) is 4.62. The molecule has 4 aromatic rings. The number of furan rings is 1. The number of para-hydroxylation sites is 1. The molecule has 0 fully saturated rings. The first-order valence-electron chi connectivity index (χ1n) is 9.53. The summed E-state index contributed by atoms with van der Waals surface area (Å²) in [5.74, 6) is -0.298. The van der Waals surface area contributed by atoms with Gasteiger partial charge in [0.1, 0.15) is 5.58 Å². The number of hydrogen-bond acceptors (Lipinski definition) is 3. The van der Waals surface area contributed by atoms with Crippen molar-refractivity contribution < 1.29 is 14.0 Å². The Labute approximate surface area is 174 Å². The molecule has 0 spiro atoms. The average molecular weight is 396 g/mol. The summed E-state index contributed by atoms with van der Waals surface area (Å²) in [6.07, 6.45) is 3.24. The summed E-state index contributed by atoms with van der Waals surface area (Å²) < 4.78 is 5.60. The van der Waals surface area contributed by atoms with Gasteiger partial charge in [0.2, 0.25) is 5.91 Å². The van der Waals surface area contributed by atoms with E-state index in [1.165, 1.54) is 6.08 Å². The fourth-order valence-electron chi connectivity index (χ4n) is 3.08. The predicted molar refractivity (Wildman–Crippen MR) is 119 cm³/mol. The summed E-state index contributed by atoms with van der Waals surface area (Å²) in [5.41, 5.74) is 3.74. The van der Waals surface area contributed by atoms with Gasteiger partial charge in [-0.1, -0.05) is 48.5 Å². The van der Waals surface area contributed by atoms with Crippen molar-refractivity contribution in [1.29, 1.82) is 0 Å². The predicted octanol–water partition coefficient (Wildman–Crippen LogP) is 5.65. The summed E-state index contributed by atoms with van der Waals surface area (Å²) in [4.78, 5) is 24.7. The Morgan fingerprint density at radius 3 is 2.40 bits per heavy atom. The maximum Gasteiger partial charge on any atom is 0.291 e. The number of aryl methyl sites for hydroxylation is 1. The maximum atomic E-state index is 12.5. The highest BCUT2D eigenvalue weighted by Crippen LogP contribution is 2.23. The molecule has 0 saturated heterocycles. The lowest BCUT2D eigenvalue weighted by Gasteiger charge is -2.10. The van der Waals surface area contributed by atoms with Gasteiger partial charge in [0, 0.05) is 22.8 Å². The first kappa shape index (κ1) is 19.2. The molecule has 30 heavy (non-hydrogen) atoms. The van der Waals surface area contributed by atoms with Crippen molar-refractivity contribution in [2.45, 2.75) is 6.92 Å². The molecule has 148 valence electrons. The number of rotatable bonds is 5. The van der Waals surface area contributed by atoms with Crippen LogP contribution in [0.15, 0.2) is 89.4 Å². The third kappa shape index (κ3) is 4.47. The SMILES string of the molecule is Cc1cc(NC(=O)C=Cc2ccccc2)ccc1NC(=O)c1cc2ccccc2o1. The maximum absolute atomic E-state index is 12.5. The number of hydrogen-bond donors (Lipinski definition) is 2. The van der Waals surface area contributed by atoms with Crippen molar-refractivity contribution in [3.05, 3.63) is 102 Å². The van der Waals surface area contributed by atoms with Crippen LogP contribution >= 0.6 is 0 Å². The molecule has 1 heterocycles. The smallest absolute Gasteiger partial charge is 0.291 e. The van der Waals surface area contributed by atoms with E-state index in [2.05, 4.69) is 10.6 Å². The molecular formula is C25H20N2O3. The van der Waals surface area contributed by atoms with Gasteiger partial charge in [-0.2, -0.15) is 0 Å². The van der Waals surface area contributed by atoms with Crippen molar-refractivity contribution in [3.63, 3.8) is 0 Å². The summed E-state index contributed by atoms with van der Waals surface area (Å²) in [5, 5.41) is 6.56. The number of carbonyl (C=O) groups excluding carboxylic acids is 2. The molecule has 5 nitrogen and oxygen atoms in total. The van der Waals surface area contributed by atoms with E-state index < -0.39 is 0 Å². The van der Waals surface area contributed by atoms with Crippen molar-refractivity contribution in [2.75, 3.05) is 10.6 Å². The van der Waals surface area contributed by atoms with Gasteiger partial charge in [-0.15, -0.1) is 0 Å². The van der Waals surface area contributed by atoms with Gasteiger partial charge in [-0.3, -0.25) is 9.59 Å². The number of nitrogens with one attached hydrogen (secondary N) is 2. The second-order valence-electron chi connectivity index (χ2n) is 6.87. The van der Waals surface area contributed by atoms with E-state index in [1.54, 1.807) is 24.3 Å². The largest absolute Gasteiger partial charge is 0.451 e. The molecule has 0 bridgehead atoms. The van der Waals surface area contributed by atoms with E-state index in [4.69, 9.17) is 4.42 Å². The number of amides is 2. The Kier molecular flexibility index (Phi) is 5.44. The topological polar surface area (TPSA) is 71.3 Å². The highest BCUT2D eigenvalue weighted by molar-refractivity contribution is 6.05. The summed E-state index contributed by atoms with van der Waals surface area (Å²) in [6.45, 7) is 1.86. The normalized spacial score (nSPS) is 11.0. The van der Waals surface area contributed by atoms with E-state index >= 15 is 0 Å². The number of benzene rings is 3. The minimum absolute atomic E-state index is 0.225. The second kappa shape index (κ2) is 8.49. The van der Waals surface area contributed by atoms with Crippen LogP contribution in [-0.4, -0.2) is 11.8 Å². The van der Waals surface area contributed by atoms with Crippen LogP contribution in [0.5, 0.6) is 0 Å². The standard InChI is InChI=1S/C25H20N2O3/c1-17-15-20(26-24(28)14-11-18-7-3-2-4-8-18)12-13-21(17)27-25(29)23-16-19-9-5-6-10-22(19)30-23/h2-16H,1H3,(H,26,28)(H,27,29). The molecule has 0 aliphatic heterocycles. The van der Waals surface area contributed by atoms with E-state index in [1.807, 2.05) is 67.6 Å². The van der Waals surface area contributed by atoms with Gasteiger partial charge < -0.3 is 15.1 Å². The lowest BCUT2D eigenvalue weighted by atomic mass is 10.1. The first-order valence-corrected chi connectivity index (χ1v) is 9.53. The van der Waals surface area contributed by atoms with Gasteiger partial charge >= 0.3 is 0 Å². The molecule has 2 amide bonds.